The average Bonchev–Trinajstić information content (AvgIpc) is 3.47. The molecule has 0 atom stereocenters. The van der Waals surface area contributed by atoms with Crippen LogP contribution in [-0.2, 0) is 4.79 Å². The highest BCUT2D eigenvalue weighted by Gasteiger charge is 2.38. The maximum atomic E-state index is 13.0. The van der Waals surface area contributed by atoms with Crippen LogP contribution in [0.3, 0.4) is 0 Å². The van der Waals surface area contributed by atoms with Gasteiger partial charge < -0.3 is 19.4 Å². The zero-order valence-electron chi connectivity index (χ0n) is 20.7. The molecule has 1 saturated heterocycles. The van der Waals surface area contributed by atoms with Crippen molar-refractivity contribution in [3.05, 3.63) is 59.1 Å². The normalized spacial score (nSPS) is 14.6. The van der Waals surface area contributed by atoms with E-state index >= 15 is 0 Å². The van der Waals surface area contributed by atoms with Crippen LogP contribution in [0.5, 0.6) is 0 Å². The standard InChI is InChI=1S/C24H24N4O2S.C2HF3O2/c1-16-6-3-4-7-18(16)17-8-9-19-20(14-17)30-26-22(19)23-25-15-21(31-23)24(29)28-11-5-10-27(2)12-13-28;3-2(4,5)1(6)7/h3-4,6-9,14-15H,5,10-13H2,1-2H3;(H,6,7). The minimum Gasteiger partial charge on any atom is -0.475 e. The number of amides is 1. The van der Waals surface area contributed by atoms with Crippen molar-refractivity contribution in [2.24, 2.45) is 0 Å². The highest BCUT2D eigenvalue weighted by atomic mass is 32.1. The fraction of sp³-hybridized carbons (Fsp3) is 0.308. The Labute approximate surface area is 220 Å². The molecule has 5 rings (SSSR count). The summed E-state index contributed by atoms with van der Waals surface area (Å²) in [5, 5.41) is 13.0. The number of alkyl halides is 3. The summed E-state index contributed by atoms with van der Waals surface area (Å²) in [7, 11) is 2.10. The maximum absolute atomic E-state index is 13.0. The van der Waals surface area contributed by atoms with Crippen LogP contribution in [-0.4, -0.2) is 76.3 Å². The van der Waals surface area contributed by atoms with Crippen LogP contribution in [0.1, 0.15) is 21.7 Å². The number of carbonyl (C=O) groups is 2. The molecule has 0 bridgehead atoms. The summed E-state index contributed by atoms with van der Waals surface area (Å²) >= 11 is 1.38. The number of thiazole rings is 1. The van der Waals surface area contributed by atoms with Crippen molar-refractivity contribution in [2.45, 2.75) is 19.5 Å². The molecule has 2 aromatic heterocycles. The summed E-state index contributed by atoms with van der Waals surface area (Å²) in [6.45, 7) is 5.55. The second kappa shape index (κ2) is 11.3. The largest absolute Gasteiger partial charge is 0.490 e. The van der Waals surface area contributed by atoms with Crippen molar-refractivity contribution in [2.75, 3.05) is 33.2 Å². The average molecular weight is 547 g/mol. The van der Waals surface area contributed by atoms with Crippen LogP contribution in [0.15, 0.2) is 53.2 Å². The van der Waals surface area contributed by atoms with Gasteiger partial charge in [0.2, 0.25) is 0 Å². The first-order valence-corrected chi connectivity index (χ1v) is 12.6. The van der Waals surface area contributed by atoms with Gasteiger partial charge in [0.1, 0.15) is 15.6 Å². The van der Waals surface area contributed by atoms with E-state index in [0.29, 0.717) is 15.6 Å². The molecule has 1 fully saturated rings. The molecule has 12 heteroatoms. The molecule has 0 radical (unpaired) electrons. The second-order valence-corrected chi connectivity index (χ2v) is 9.87. The Morgan fingerprint density at radius 3 is 2.53 bits per heavy atom. The monoisotopic (exact) mass is 546 g/mol. The quantitative estimate of drug-likeness (QED) is 0.370. The molecule has 200 valence electrons. The number of aryl methyl sites for hydroxylation is 1. The highest BCUT2D eigenvalue weighted by molar-refractivity contribution is 7.17. The van der Waals surface area contributed by atoms with Crippen LogP contribution in [0, 0.1) is 6.92 Å². The lowest BCUT2D eigenvalue weighted by Crippen LogP contribution is -2.34. The van der Waals surface area contributed by atoms with Gasteiger partial charge in [-0.1, -0.05) is 35.5 Å². The van der Waals surface area contributed by atoms with Crippen LogP contribution in [0.25, 0.3) is 32.8 Å². The van der Waals surface area contributed by atoms with Gasteiger partial charge in [-0.05, 0) is 55.8 Å². The lowest BCUT2D eigenvalue weighted by Gasteiger charge is -2.19. The van der Waals surface area contributed by atoms with Gasteiger partial charge in [-0.3, -0.25) is 4.79 Å². The van der Waals surface area contributed by atoms with Crippen LogP contribution in [0.4, 0.5) is 13.2 Å². The van der Waals surface area contributed by atoms with E-state index in [1.54, 1.807) is 6.20 Å². The SMILES string of the molecule is Cc1ccccc1-c1ccc2c(-c3ncc(C(=O)N4CCCN(C)CC4)s3)noc2c1.O=C(O)C(F)(F)F. The third-order valence-electron chi connectivity index (χ3n) is 6.10. The van der Waals surface area contributed by atoms with Crippen LogP contribution in [0.2, 0.25) is 0 Å². The number of rotatable bonds is 3. The number of hydrogen-bond acceptors (Lipinski definition) is 7. The number of carboxylic acid groups (broad SMARTS) is 1. The summed E-state index contributed by atoms with van der Waals surface area (Å²) in [5.74, 6) is -2.71. The van der Waals surface area contributed by atoms with Gasteiger partial charge in [-0.2, -0.15) is 13.2 Å². The number of halogens is 3. The Balaban J connectivity index is 0.000000426. The highest BCUT2D eigenvalue weighted by Crippen LogP contribution is 2.34. The third kappa shape index (κ3) is 6.20. The van der Waals surface area contributed by atoms with E-state index < -0.39 is 12.1 Å². The molecular formula is C26H25F3N4O4S. The Morgan fingerprint density at radius 2 is 1.82 bits per heavy atom. The molecule has 1 amide bonds. The van der Waals surface area contributed by atoms with E-state index in [4.69, 9.17) is 14.4 Å². The Hall–Kier alpha value is -3.77. The zero-order valence-corrected chi connectivity index (χ0v) is 21.5. The summed E-state index contributed by atoms with van der Waals surface area (Å²) < 4.78 is 37.4. The van der Waals surface area contributed by atoms with E-state index in [1.807, 2.05) is 29.2 Å². The molecular weight excluding hydrogens is 521 g/mol. The third-order valence-corrected chi connectivity index (χ3v) is 7.09. The second-order valence-electron chi connectivity index (χ2n) is 8.84. The fourth-order valence-corrected chi connectivity index (χ4v) is 4.92. The van der Waals surface area contributed by atoms with Gasteiger partial charge >= 0.3 is 12.1 Å². The number of aromatic nitrogens is 2. The number of nitrogens with zero attached hydrogens (tertiary/aromatic N) is 4. The molecule has 8 nitrogen and oxygen atoms in total. The number of carbonyl (C=O) groups excluding carboxylic acids is 1. The van der Waals surface area contributed by atoms with Crippen molar-refractivity contribution in [1.29, 1.82) is 0 Å². The molecule has 0 aliphatic carbocycles. The molecule has 4 aromatic rings. The van der Waals surface area contributed by atoms with Crippen LogP contribution >= 0.6 is 11.3 Å². The number of aliphatic carboxylic acids is 1. The van der Waals surface area contributed by atoms with E-state index in [1.165, 1.54) is 22.5 Å². The van der Waals surface area contributed by atoms with E-state index in [-0.39, 0.29) is 5.91 Å². The van der Waals surface area contributed by atoms with Gasteiger partial charge in [0.15, 0.2) is 5.58 Å². The molecule has 38 heavy (non-hydrogen) atoms. The maximum Gasteiger partial charge on any atom is 0.490 e. The molecule has 0 spiro atoms. The number of benzene rings is 2. The minimum atomic E-state index is -5.08. The van der Waals surface area contributed by atoms with Gasteiger partial charge in [-0.25, -0.2) is 9.78 Å². The Kier molecular flexibility index (Phi) is 8.12. The van der Waals surface area contributed by atoms with Crippen molar-refractivity contribution in [3.8, 4) is 21.8 Å². The van der Waals surface area contributed by atoms with Crippen LogP contribution < -0.4 is 0 Å². The fourth-order valence-electron chi connectivity index (χ4n) is 4.04. The van der Waals surface area contributed by atoms with Gasteiger partial charge in [0.05, 0.1) is 11.6 Å². The van der Waals surface area contributed by atoms with E-state index in [9.17, 15) is 18.0 Å². The molecule has 1 N–H and O–H groups in total. The predicted molar refractivity (Wildman–Crippen MR) is 137 cm³/mol. The summed E-state index contributed by atoms with van der Waals surface area (Å²) in [6, 6.07) is 14.4. The van der Waals surface area contributed by atoms with Gasteiger partial charge in [-0.15, -0.1) is 11.3 Å². The van der Waals surface area contributed by atoms with Gasteiger partial charge in [0.25, 0.3) is 5.91 Å². The molecule has 0 unspecified atom stereocenters. The Bertz CT molecular complexity index is 1450. The first-order chi connectivity index (χ1) is 18.0. The Morgan fingerprint density at radius 1 is 1.08 bits per heavy atom. The summed E-state index contributed by atoms with van der Waals surface area (Å²) in [4.78, 5) is 31.2. The molecule has 2 aromatic carbocycles. The summed E-state index contributed by atoms with van der Waals surface area (Å²) in [5.41, 5.74) is 4.88. The van der Waals surface area contributed by atoms with Crippen molar-refractivity contribution >= 4 is 34.2 Å². The number of carboxylic acids is 1. The lowest BCUT2D eigenvalue weighted by atomic mass is 10.00. The minimum absolute atomic E-state index is 0.0497. The van der Waals surface area contributed by atoms with Crippen molar-refractivity contribution in [3.63, 3.8) is 0 Å². The molecule has 3 heterocycles. The zero-order chi connectivity index (χ0) is 27.4. The number of hydrogen-bond donors (Lipinski definition) is 1. The smallest absolute Gasteiger partial charge is 0.475 e. The van der Waals surface area contributed by atoms with E-state index in [0.717, 1.165) is 49.1 Å². The first-order valence-electron chi connectivity index (χ1n) is 11.7. The number of fused-ring (bicyclic) bond motifs is 1. The van der Waals surface area contributed by atoms with Gasteiger partial charge in [0, 0.05) is 19.6 Å². The topological polar surface area (TPSA) is 99.8 Å². The molecule has 1 aliphatic rings. The summed E-state index contributed by atoms with van der Waals surface area (Å²) in [6.07, 6.45) is -2.43. The first kappa shape index (κ1) is 27.3. The molecule has 0 saturated carbocycles. The molecule has 1 aliphatic heterocycles. The lowest BCUT2D eigenvalue weighted by molar-refractivity contribution is -0.192. The number of likely N-dealkylation sites (N-methyl/N-ethyl adjacent to an activating group) is 1. The van der Waals surface area contributed by atoms with Crippen molar-refractivity contribution < 1.29 is 32.4 Å². The predicted octanol–water partition coefficient (Wildman–Crippen LogP) is 5.34. The van der Waals surface area contributed by atoms with Crippen molar-refractivity contribution in [1.82, 2.24) is 19.9 Å². The van der Waals surface area contributed by atoms with E-state index in [2.05, 4.69) is 47.2 Å².